The number of thiocarbonyl (C=S) groups is 1. The van der Waals surface area contributed by atoms with E-state index < -0.39 is 6.09 Å². The zero-order valence-corrected chi connectivity index (χ0v) is 16.7. The van der Waals surface area contributed by atoms with Gasteiger partial charge in [0.2, 0.25) is 0 Å². The van der Waals surface area contributed by atoms with E-state index in [-0.39, 0.29) is 17.6 Å². The molecule has 5 nitrogen and oxygen atoms in total. The summed E-state index contributed by atoms with van der Waals surface area (Å²) in [7, 11) is 1.59. The van der Waals surface area contributed by atoms with Gasteiger partial charge in [0.05, 0.1) is 7.11 Å². The van der Waals surface area contributed by atoms with Crippen molar-refractivity contribution < 1.29 is 14.3 Å². The van der Waals surface area contributed by atoms with Crippen molar-refractivity contribution in [1.29, 1.82) is 0 Å². The summed E-state index contributed by atoms with van der Waals surface area (Å²) in [5.74, 6) is 0.701. The van der Waals surface area contributed by atoms with Crippen molar-refractivity contribution in [2.24, 2.45) is 0 Å². The third-order valence-corrected chi connectivity index (χ3v) is 5.09. The second-order valence-corrected chi connectivity index (χ2v) is 7.04. The fourth-order valence-electron chi connectivity index (χ4n) is 3.59. The molecule has 146 valence electrons. The van der Waals surface area contributed by atoms with E-state index in [2.05, 4.69) is 34.9 Å². The molecule has 2 N–H and O–H groups in total. The minimum absolute atomic E-state index is 0.00747. The van der Waals surface area contributed by atoms with Crippen LogP contribution in [0.4, 0.5) is 10.5 Å². The minimum atomic E-state index is -0.591. The summed E-state index contributed by atoms with van der Waals surface area (Å²) in [6.45, 7) is 0.238. The minimum Gasteiger partial charge on any atom is -0.497 e. The predicted molar refractivity (Wildman–Crippen MR) is 117 cm³/mol. The molecule has 1 amide bonds. The molecule has 6 heteroatoms. The Labute approximate surface area is 174 Å². The van der Waals surface area contributed by atoms with Crippen molar-refractivity contribution in [2.45, 2.75) is 5.92 Å². The Hall–Kier alpha value is -3.38. The maximum absolute atomic E-state index is 12.3. The van der Waals surface area contributed by atoms with Gasteiger partial charge in [-0.3, -0.25) is 5.32 Å². The molecule has 0 spiro atoms. The first kappa shape index (κ1) is 19.0. The van der Waals surface area contributed by atoms with Crippen molar-refractivity contribution in [1.82, 2.24) is 5.32 Å². The molecule has 29 heavy (non-hydrogen) atoms. The highest BCUT2D eigenvalue weighted by atomic mass is 32.1. The lowest BCUT2D eigenvalue weighted by Crippen LogP contribution is -2.35. The van der Waals surface area contributed by atoms with Crippen LogP contribution in [0.2, 0.25) is 0 Å². The van der Waals surface area contributed by atoms with E-state index in [1.807, 2.05) is 42.5 Å². The van der Waals surface area contributed by atoms with Crippen LogP contribution < -0.4 is 15.4 Å². The van der Waals surface area contributed by atoms with Gasteiger partial charge in [0, 0.05) is 17.7 Å². The van der Waals surface area contributed by atoms with Crippen LogP contribution in [-0.2, 0) is 4.74 Å². The van der Waals surface area contributed by atoms with E-state index in [9.17, 15) is 4.79 Å². The first-order chi connectivity index (χ1) is 14.2. The molecule has 0 saturated heterocycles. The zero-order chi connectivity index (χ0) is 20.2. The maximum Gasteiger partial charge on any atom is 0.413 e. The number of amides is 1. The Kier molecular flexibility index (Phi) is 5.44. The smallest absolute Gasteiger partial charge is 0.413 e. The molecule has 3 aromatic rings. The number of carbonyl (C=O) groups excluding carboxylic acids is 1. The topological polar surface area (TPSA) is 59.6 Å². The van der Waals surface area contributed by atoms with Crippen molar-refractivity contribution in [2.75, 3.05) is 19.0 Å². The van der Waals surface area contributed by atoms with Gasteiger partial charge in [-0.2, -0.15) is 0 Å². The summed E-state index contributed by atoms with van der Waals surface area (Å²) in [4.78, 5) is 12.3. The lowest BCUT2D eigenvalue weighted by molar-refractivity contribution is 0.148. The van der Waals surface area contributed by atoms with Gasteiger partial charge >= 0.3 is 6.09 Å². The number of fused-ring (bicyclic) bond motifs is 3. The van der Waals surface area contributed by atoms with Crippen molar-refractivity contribution in [3.8, 4) is 16.9 Å². The van der Waals surface area contributed by atoms with Gasteiger partial charge in [0.25, 0.3) is 0 Å². The van der Waals surface area contributed by atoms with Crippen LogP contribution in [0.1, 0.15) is 17.0 Å². The number of alkyl carbamates (subject to hydrolysis) is 1. The molecule has 0 aliphatic heterocycles. The number of ether oxygens (including phenoxy) is 2. The Balaban J connectivity index is 1.38. The number of anilines is 1. The molecule has 0 saturated carbocycles. The number of hydrogen-bond donors (Lipinski definition) is 2. The molecule has 0 aromatic heterocycles. The second-order valence-electron chi connectivity index (χ2n) is 6.64. The standard InChI is InChI=1S/C23H20N2O3S/c1-27-16-8-6-7-15(13-16)24-22(29)25-23(26)28-14-21-19-11-4-2-9-17(19)18-10-3-5-12-20(18)21/h2-13,21H,14H2,1H3,(H2,24,25,26,29). The molecule has 0 radical (unpaired) electrons. The molecular formula is C23H20N2O3S. The van der Waals surface area contributed by atoms with Crippen molar-refractivity contribution in [3.63, 3.8) is 0 Å². The van der Waals surface area contributed by atoms with Gasteiger partial charge in [-0.1, -0.05) is 54.6 Å². The van der Waals surface area contributed by atoms with E-state index >= 15 is 0 Å². The van der Waals surface area contributed by atoms with E-state index in [1.54, 1.807) is 13.2 Å². The monoisotopic (exact) mass is 404 g/mol. The van der Waals surface area contributed by atoms with Gasteiger partial charge in [0.1, 0.15) is 12.4 Å². The second kappa shape index (κ2) is 8.32. The van der Waals surface area contributed by atoms with Crippen LogP contribution in [0.25, 0.3) is 11.1 Å². The fraction of sp³-hybridized carbons (Fsp3) is 0.130. The number of hydrogen-bond acceptors (Lipinski definition) is 4. The van der Waals surface area contributed by atoms with Crippen LogP contribution in [0.5, 0.6) is 5.75 Å². The Morgan fingerprint density at radius 1 is 0.966 bits per heavy atom. The summed E-state index contributed by atoms with van der Waals surface area (Å²) < 4.78 is 10.7. The normalized spacial score (nSPS) is 11.9. The average Bonchev–Trinajstić information content (AvgIpc) is 3.06. The summed E-state index contributed by atoms with van der Waals surface area (Å²) in [5, 5.41) is 5.66. The van der Waals surface area contributed by atoms with E-state index in [4.69, 9.17) is 21.7 Å². The Morgan fingerprint density at radius 2 is 1.62 bits per heavy atom. The number of benzene rings is 3. The molecule has 4 rings (SSSR count). The molecule has 0 unspecified atom stereocenters. The number of rotatable bonds is 4. The Bertz CT molecular complexity index is 1020. The molecule has 0 fully saturated rings. The van der Waals surface area contributed by atoms with E-state index in [0.717, 1.165) is 0 Å². The molecule has 0 bridgehead atoms. The highest BCUT2D eigenvalue weighted by Gasteiger charge is 2.29. The lowest BCUT2D eigenvalue weighted by Gasteiger charge is -2.15. The maximum atomic E-state index is 12.3. The van der Waals surface area contributed by atoms with E-state index in [0.29, 0.717) is 11.4 Å². The highest BCUT2D eigenvalue weighted by molar-refractivity contribution is 7.80. The first-order valence-electron chi connectivity index (χ1n) is 9.23. The lowest BCUT2D eigenvalue weighted by atomic mass is 9.98. The van der Waals surface area contributed by atoms with Crippen LogP contribution in [0, 0.1) is 0 Å². The summed E-state index contributed by atoms with van der Waals surface area (Å²) >= 11 is 5.20. The molecule has 0 atom stereocenters. The first-order valence-corrected chi connectivity index (χ1v) is 9.63. The molecule has 1 aliphatic rings. The fourth-order valence-corrected chi connectivity index (χ4v) is 3.79. The molecule has 0 heterocycles. The van der Waals surface area contributed by atoms with Gasteiger partial charge in [-0.05, 0) is 46.6 Å². The van der Waals surface area contributed by atoms with Crippen LogP contribution in [0.15, 0.2) is 72.8 Å². The summed E-state index contributed by atoms with van der Waals surface area (Å²) in [5.41, 5.74) is 5.42. The number of nitrogens with one attached hydrogen (secondary N) is 2. The summed E-state index contributed by atoms with van der Waals surface area (Å²) in [6, 6.07) is 23.7. The SMILES string of the molecule is COc1cccc(NC(=S)NC(=O)OCC2c3ccccc3-c3ccccc32)c1. The third-order valence-electron chi connectivity index (χ3n) is 4.89. The molecule has 1 aliphatic carbocycles. The average molecular weight is 404 g/mol. The third kappa shape index (κ3) is 4.07. The van der Waals surface area contributed by atoms with Crippen molar-refractivity contribution >= 4 is 29.1 Å². The van der Waals surface area contributed by atoms with Crippen LogP contribution >= 0.6 is 12.2 Å². The van der Waals surface area contributed by atoms with Gasteiger partial charge < -0.3 is 14.8 Å². The molecule has 3 aromatic carbocycles. The Morgan fingerprint density at radius 3 is 2.28 bits per heavy atom. The van der Waals surface area contributed by atoms with Gasteiger partial charge in [-0.25, -0.2) is 4.79 Å². The van der Waals surface area contributed by atoms with Crippen LogP contribution in [-0.4, -0.2) is 24.9 Å². The van der Waals surface area contributed by atoms with Crippen LogP contribution in [0.3, 0.4) is 0 Å². The van der Waals surface area contributed by atoms with Gasteiger partial charge in [0.15, 0.2) is 5.11 Å². The predicted octanol–water partition coefficient (Wildman–Crippen LogP) is 4.93. The summed E-state index contributed by atoms with van der Waals surface area (Å²) in [6.07, 6.45) is -0.591. The van der Waals surface area contributed by atoms with E-state index in [1.165, 1.54) is 22.3 Å². The quantitative estimate of drug-likeness (QED) is 0.604. The highest BCUT2D eigenvalue weighted by Crippen LogP contribution is 2.44. The van der Waals surface area contributed by atoms with Crippen molar-refractivity contribution in [3.05, 3.63) is 83.9 Å². The zero-order valence-electron chi connectivity index (χ0n) is 15.8. The molecular weight excluding hydrogens is 384 g/mol. The largest absolute Gasteiger partial charge is 0.497 e. The van der Waals surface area contributed by atoms with Gasteiger partial charge in [-0.15, -0.1) is 0 Å². The number of methoxy groups -OCH3 is 1. The number of carbonyl (C=O) groups is 1.